The number of hydrogen-bond acceptors (Lipinski definition) is 0. The first-order valence-corrected chi connectivity index (χ1v) is 11.0. The molecule has 0 spiro atoms. The molecule has 0 aliphatic carbocycles. The van der Waals surface area contributed by atoms with Crippen LogP contribution in [0.1, 0.15) is 110 Å². The second kappa shape index (κ2) is 13.7. The lowest BCUT2D eigenvalue weighted by molar-refractivity contribution is -0.396. The summed E-state index contributed by atoms with van der Waals surface area (Å²) >= 11 is 0. The predicted octanol–water partition coefficient (Wildman–Crippen LogP) is 9.72. The maximum Gasteiger partial charge on any atom is 0.460 e. The van der Waals surface area contributed by atoms with E-state index < -0.39 is 36.8 Å². The van der Waals surface area contributed by atoms with E-state index in [2.05, 4.69) is 6.92 Å². The third kappa shape index (κ3) is 9.67. The van der Waals surface area contributed by atoms with Crippen LogP contribution in [0.4, 0.5) is 39.5 Å². The van der Waals surface area contributed by atoms with Gasteiger partial charge in [-0.15, -0.1) is 0 Å². The average Bonchev–Trinajstić information content (AvgIpc) is 2.63. The third-order valence-corrected chi connectivity index (χ3v) is 5.30. The Kier molecular flexibility index (Phi) is 13.4. The van der Waals surface area contributed by atoms with Gasteiger partial charge >= 0.3 is 23.9 Å². The smallest absolute Gasteiger partial charge is 0.200 e. The summed E-state index contributed by atoms with van der Waals surface area (Å²) in [7, 11) is 0. The van der Waals surface area contributed by atoms with Gasteiger partial charge in [0.1, 0.15) is 0 Å². The van der Waals surface area contributed by atoms with E-state index >= 15 is 0 Å². The van der Waals surface area contributed by atoms with E-state index in [4.69, 9.17) is 0 Å². The van der Waals surface area contributed by atoms with E-state index in [-0.39, 0.29) is 6.42 Å². The number of alkyl halides is 9. The van der Waals surface area contributed by atoms with Crippen molar-refractivity contribution in [2.75, 3.05) is 0 Å². The summed E-state index contributed by atoms with van der Waals surface area (Å²) in [5, 5.41) is 0. The molecule has 0 atom stereocenters. The maximum atomic E-state index is 13.4. The van der Waals surface area contributed by atoms with Gasteiger partial charge in [0.05, 0.1) is 0 Å². The van der Waals surface area contributed by atoms with Gasteiger partial charge in [-0.05, 0) is 6.42 Å². The number of halogens is 9. The Bertz CT molecular complexity index is 431. The van der Waals surface area contributed by atoms with E-state index in [1.54, 1.807) is 0 Å². The van der Waals surface area contributed by atoms with Crippen LogP contribution in [-0.2, 0) is 0 Å². The Morgan fingerprint density at radius 1 is 0.400 bits per heavy atom. The van der Waals surface area contributed by atoms with Gasteiger partial charge in [-0.2, -0.15) is 39.5 Å². The molecular formula is C21H35F9. The summed E-state index contributed by atoms with van der Waals surface area (Å²) in [6.07, 6.45) is 4.97. The third-order valence-electron chi connectivity index (χ3n) is 5.30. The van der Waals surface area contributed by atoms with Gasteiger partial charge in [0.25, 0.3) is 0 Å². The first-order chi connectivity index (χ1) is 13.8. The number of rotatable bonds is 18. The van der Waals surface area contributed by atoms with Crippen LogP contribution in [0.15, 0.2) is 0 Å². The van der Waals surface area contributed by atoms with Crippen LogP contribution in [0.25, 0.3) is 0 Å². The molecule has 0 unspecified atom stereocenters. The van der Waals surface area contributed by atoms with Gasteiger partial charge < -0.3 is 0 Å². The average molecular weight is 458 g/mol. The Balaban J connectivity index is 3.83. The van der Waals surface area contributed by atoms with E-state index in [0.717, 1.165) is 25.7 Å². The minimum Gasteiger partial charge on any atom is -0.200 e. The zero-order valence-electron chi connectivity index (χ0n) is 17.7. The van der Waals surface area contributed by atoms with Crippen molar-refractivity contribution in [3.8, 4) is 0 Å². The van der Waals surface area contributed by atoms with Crippen LogP contribution in [0.3, 0.4) is 0 Å². The molecule has 0 aromatic heterocycles. The van der Waals surface area contributed by atoms with Crippen molar-refractivity contribution < 1.29 is 39.5 Å². The normalized spacial score (nSPS) is 13.8. The van der Waals surface area contributed by atoms with Crippen molar-refractivity contribution in [2.24, 2.45) is 0 Å². The van der Waals surface area contributed by atoms with Crippen molar-refractivity contribution in [1.29, 1.82) is 0 Å². The molecular weight excluding hydrogens is 423 g/mol. The SMILES string of the molecule is CCCCCCCCCCCCCCCCCC(F)(F)C(F)(F)C(F)(F)C(F)(F)F. The van der Waals surface area contributed by atoms with Crippen LogP contribution in [0.2, 0.25) is 0 Å². The van der Waals surface area contributed by atoms with Crippen molar-refractivity contribution >= 4 is 0 Å². The molecule has 0 bridgehead atoms. The Morgan fingerprint density at radius 2 is 0.700 bits per heavy atom. The van der Waals surface area contributed by atoms with Crippen molar-refractivity contribution in [1.82, 2.24) is 0 Å². The second-order valence-corrected chi connectivity index (χ2v) is 8.05. The van der Waals surface area contributed by atoms with Gasteiger partial charge in [-0.25, -0.2) is 0 Å². The first-order valence-electron chi connectivity index (χ1n) is 11.0. The van der Waals surface area contributed by atoms with Crippen LogP contribution >= 0.6 is 0 Å². The van der Waals surface area contributed by atoms with E-state index in [1.807, 2.05) is 0 Å². The summed E-state index contributed by atoms with van der Waals surface area (Å²) in [5.74, 6) is -18.7. The number of hydrogen-bond donors (Lipinski definition) is 0. The van der Waals surface area contributed by atoms with E-state index in [0.29, 0.717) is 12.8 Å². The lowest BCUT2D eigenvalue weighted by Crippen LogP contribution is -2.60. The summed E-state index contributed by atoms with van der Waals surface area (Å²) < 4.78 is 115. The topological polar surface area (TPSA) is 0 Å². The highest BCUT2D eigenvalue weighted by molar-refractivity contribution is 5.00. The van der Waals surface area contributed by atoms with Crippen molar-refractivity contribution in [2.45, 2.75) is 134 Å². The fourth-order valence-corrected chi connectivity index (χ4v) is 3.28. The molecule has 0 aromatic carbocycles. The molecule has 0 saturated carbocycles. The zero-order chi connectivity index (χ0) is 23.3. The molecule has 0 heterocycles. The predicted molar refractivity (Wildman–Crippen MR) is 100 cm³/mol. The Morgan fingerprint density at radius 3 is 1.00 bits per heavy atom. The Labute approximate surface area is 174 Å². The highest BCUT2D eigenvalue weighted by Crippen LogP contribution is 2.54. The molecule has 0 N–H and O–H groups in total. The molecule has 0 aliphatic heterocycles. The molecule has 0 rings (SSSR count). The molecule has 0 aromatic rings. The maximum absolute atomic E-state index is 13.4. The van der Waals surface area contributed by atoms with Crippen molar-refractivity contribution in [3.05, 3.63) is 0 Å². The summed E-state index contributed by atoms with van der Waals surface area (Å²) in [6.45, 7) is 2.17. The zero-order valence-corrected chi connectivity index (χ0v) is 17.7. The fraction of sp³-hybridized carbons (Fsp3) is 1.00. The summed E-state index contributed by atoms with van der Waals surface area (Å²) in [4.78, 5) is 0. The van der Waals surface area contributed by atoms with Gasteiger partial charge in [-0.3, -0.25) is 0 Å². The van der Waals surface area contributed by atoms with Crippen LogP contribution in [0.5, 0.6) is 0 Å². The van der Waals surface area contributed by atoms with Crippen LogP contribution in [-0.4, -0.2) is 23.9 Å². The van der Waals surface area contributed by atoms with Crippen LogP contribution in [0, 0.1) is 0 Å². The summed E-state index contributed by atoms with van der Waals surface area (Å²) in [6, 6.07) is 0. The first kappa shape index (κ1) is 29.4. The van der Waals surface area contributed by atoms with Gasteiger partial charge in [0, 0.05) is 6.42 Å². The second-order valence-electron chi connectivity index (χ2n) is 8.05. The lowest BCUT2D eigenvalue weighted by Gasteiger charge is -2.33. The van der Waals surface area contributed by atoms with Crippen LogP contribution < -0.4 is 0 Å². The molecule has 0 radical (unpaired) electrons. The lowest BCUT2D eigenvalue weighted by atomic mass is 9.97. The molecule has 0 saturated heterocycles. The monoisotopic (exact) mass is 458 g/mol. The van der Waals surface area contributed by atoms with E-state index in [1.165, 1.54) is 44.9 Å². The molecule has 0 nitrogen and oxygen atoms in total. The highest BCUT2D eigenvalue weighted by atomic mass is 19.4. The minimum absolute atomic E-state index is 0.0843. The summed E-state index contributed by atoms with van der Waals surface area (Å²) in [5.41, 5.74) is 0. The van der Waals surface area contributed by atoms with Gasteiger partial charge in [0.15, 0.2) is 0 Å². The molecule has 0 amide bonds. The minimum atomic E-state index is -6.78. The van der Waals surface area contributed by atoms with Gasteiger partial charge in [-0.1, -0.05) is 96.8 Å². The van der Waals surface area contributed by atoms with E-state index in [9.17, 15) is 39.5 Å². The van der Waals surface area contributed by atoms with Crippen molar-refractivity contribution in [3.63, 3.8) is 0 Å². The fourth-order valence-electron chi connectivity index (χ4n) is 3.28. The largest absolute Gasteiger partial charge is 0.460 e. The molecule has 30 heavy (non-hydrogen) atoms. The quantitative estimate of drug-likeness (QED) is 0.142. The standard InChI is InChI=1S/C21H35F9/c1-2-3-4-5-6-7-8-9-10-11-12-13-14-15-16-17-18(22,23)19(24,25)20(26,27)21(28,29)30/h2-17H2,1H3. The molecule has 182 valence electrons. The number of unbranched alkanes of at least 4 members (excludes halogenated alkanes) is 14. The van der Waals surface area contributed by atoms with Gasteiger partial charge in [0.2, 0.25) is 0 Å². The molecule has 0 fully saturated rings. The molecule has 9 heteroatoms. The highest BCUT2D eigenvalue weighted by Gasteiger charge is 2.81. The Hall–Kier alpha value is -0.630. The molecule has 0 aliphatic rings.